The van der Waals surface area contributed by atoms with Crippen LogP contribution in [0.15, 0.2) is 23.4 Å². The van der Waals surface area contributed by atoms with Crippen LogP contribution in [0.4, 0.5) is 5.69 Å². The molecule has 14 heavy (non-hydrogen) atoms. The lowest BCUT2D eigenvalue weighted by Gasteiger charge is -2.15. The molecule has 0 radical (unpaired) electrons. The third kappa shape index (κ3) is 1.62. The van der Waals surface area contributed by atoms with E-state index in [4.69, 9.17) is 4.74 Å². The molecule has 0 unspecified atom stereocenters. The Kier molecular flexibility index (Phi) is 2.93. The van der Waals surface area contributed by atoms with Crippen molar-refractivity contribution in [2.75, 3.05) is 6.61 Å². The van der Waals surface area contributed by atoms with E-state index in [9.17, 15) is 9.70 Å². The molecule has 0 spiro atoms. The van der Waals surface area contributed by atoms with Crippen molar-refractivity contribution in [2.45, 2.75) is 6.42 Å². The van der Waals surface area contributed by atoms with Gasteiger partial charge >= 0.3 is 0 Å². The Bertz CT molecular complexity index is 375. The molecule has 1 aromatic carbocycles. The average molecular weight is 195 g/mol. The van der Waals surface area contributed by atoms with E-state index in [-0.39, 0.29) is 16.9 Å². The first-order valence-electron chi connectivity index (χ1n) is 3.94. The van der Waals surface area contributed by atoms with Crippen molar-refractivity contribution < 1.29 is 15.0 Å². The van der Waals surface area contributed by atoms with Crippen molar-refractivity contribution in [3.63, 3.8) is 0 Å². The minimum absolute atomic E-state index is 0. The van der Waals surface area contributed by atoms with Crippen molar-refractivity contribution in [1.29, 1.82) is 0 Å². The van der Waals surface area contributed by atoms with Gasteiger partial charge in [0, 0.05) is 6.42 Å². The van der Waals surface area contributed by atoms with E-state index in [0.29, 0.717) is 24.3 Å². The number of rotatable bonds is 1. The number of ether oxygens (including phenoxy) is 1. The van der Waals surface area contributed by atoms with Crippen LogP contribution in [0.25, 0.3) is 0 Å². The maximum Gasteiger partial charge on any atom is 0.170 e. The molecule has 0 aromatic heterocycles. The number of benzene rings is 1. The van der Waals surface area contributed by atoms with Gasteiger partial charge in [-0.15, -0.1) is 4.91 Å². The topological polar surface area (TPSA) is 87.2 Å². The van der Waals surface area contributed by atoms with Gasteiger partial charge in [0.05, 0.1) is 12.2 Å². The first kappa shape index (κ1) is 10.3. The quantitative estimate of drug-likeness (QED) is 0.631. The number of carbonyl (C=O) groups excluding carboxylic acids is 1. The maximum atomic E-state index is 11.3. The fourth-order valence-electron chi connectivity index (χ4n) is 1.31. The molecule has 0 aliphatic carbocycles. The summed E-state index contributed by atoms with van der Waals surface area (Å²) in [5.74, 6) is 0.551. The zero-order valence-electron chi connectivity index (χ0n) is 7.32. The first-order chi connectivity index (χ1) is 6.31. The molecule has 1 aliphatic heterocycles. The number of hydrogen-bond acceptors (Lipinski definition) is 4. The van der Waals surface area contributed by atoms with Crippen LogP contribution in [-0.2, 0) is 0 Å². The van der Waals surface area contributed by atoms with Crippen LogP contribution in [0.2, 0.25) is 0 Å². The van der Waals surface area contributed by atoms with E-state index in [1.165, 1.54) is 12.1 Å². The molecule has 5 heteroatoms. The molecule has 1 aliphatic rings. The standard InChI is InChI=1S/C9H7NO3.H2O/c11-8-3-4-13-9-2-1-6(10-12)5-7(8)9;/h1-2,5H,3-4H2;1H2. The third-order valence-electron chi connectivity index (χ3n) is 1.96. The predicted octanol–water partition coefficient (Wildman–Crippen LogP) is 1.23. The molecular weight excluding hydrogens is 186 g/mol. The average Bonchev–Trinajstić information content (AvgIpc) is 2.18. The number of Topliss-reactive ketones (excluding diaryl/α,β-unsaturated/α-hetero) is 1. The molecule has 1 aromatic rings. The Morgan fingerprint density at radius 1 is 1.36 bits per heavy atom. The van der Waals surface area contributed by atoms with Crippen LogP contribution >= 0.6 is 0 Å². The fourth-order valence-corrected chi connectivity index (χ4v) is 1.31. The number of hydrogen-bond donors (Lipinski definition) is 0. The second-order valence-electron chi connectivity index (χ2n) is 2.79. The van der Waals surface area contributed by atoms with Crippen LogP contribution < -0.4 is 4.74 Å². The second kappa shape index (κ2) is 3.97. The van der Waals surface area contributed by atoms with Crippen LogP contribution in [0.3, 0.4) is 0 Å². The minimum Gasteiger partial charge on any atom is -0.492 e. The molecule has 2 N–H and O–H groups in total. The Morgan fingerprint density at radius 2 is 2.14 bits per heavy atom. The van der Waals surface area contributed by atoms with Gasteiger partial charge in [0.15, 0.2) is 5.78 Å². The summed E-state index contributed by atoms with van der Waals surface area (Å²) in [5, 5.41) is 2.76. The van der Waals surface area contributed by atoms with Crippen LogP contribution in [-0.4, -0.2) is 17.9 Å². The van der Waals surface area contributed by atoms with E-state index in [1.807, 2.05) is 0 Å². The molecule has 1 heterocycles. The molecule has 0 atom stereocenters. The molecule has 0 saturated carbocycles. The van der Waals surface area contributed by atoms with Crippen molar-refractivity contribution in [1.82, 2.24) is 0 Å². The van der Waals surface area contributed by atoms with E-state index in [1.54, 1.807) is 6.07 Å². The number of nitrogens with zero attached hydrogens (tertiary/aromatic N) is 1. The van der Waals surface area contributed by atoms with Gasteiger partial charge < -0.3 is 10.2 Å². The van der Waals surface area contributed by atoms with Gasteiger partial charge in [-0.1, -0.05) is 0 Å². The predicted molar refractivity (Wildman–Crippen MR) is 50.0 cm³/mol. The van der Waals surface area contributed by atoms with Crippen molar-refractivity contribution in [3.05, 3.63) is 28.7 Å². The van der Waals surface area contributed by atoms with E-state index in [0.717, 1.165) is 0 Å². The molecule has 0 saturated heterocycles. The molecule has 0 bridgehead atoms. The lowest BCUT2D eigenvalue weighted by molar-refractivity contribution is 0.0933. The highest BCUT2D eigenvalue weighted by Gasteiger charge is 2.18. The third-order valence-corrected chi connectivity index (χ3v) is 1.96. The largest absolute Gasteiger partial charge is 0.492 e. The Hall–Kier alpha value is -1.75. The van der Waals surface area contributed by atoms with Gasteiger partial charge in [-0.3, -0.25) is 4.79 Å². The van der Waals surface area contributed by atoms with E-state index >= 15 is 0 Å². The summed E-state index contributed by atoms with van der Waals surface area (Å²) in [6.07, 6.45) is 0.370. The van der Waals surface area contributed by atoms with Crippen molar-refractivity contribution in [2.24, 2.45) is 5.18 Å². The summed E-state index contributed by atoms with van der Waals surface area (Å²) in [4.78, 5) is 21.5. The van der Waals surface area contributed by atoms with Crippen LogP contribution in [0.1, 0.15) is 16.8 Å². The summed E-state index contributed by atoms with van der Waals surface area (Å²) in [6.45, 7) is 0.416. The molecule has 5 nitrogen and oxygen atoms in total. The van der Waals surface area contributed by atoms with Crippen LogP contribution in [0.5, 0.6) is 5.75 Å². The summed E-state index contributed by atoms with van der Waals surface area (Å²) >= 11 is 0. The maximum absolute atomic E-state index is 11.3. The number of nitroso groups, excluding NO2 is 1. The zero-order valence-corrected chi connectivity index (χ0v) is 7.32. The molecule has 2 rings (SSSR count). The van der Waals surface area contributed by atoms with Crippen molar-refractivity contribution >= 4 is 11.5 Å². The van der Waals surface area contributed by atoms with E-state index in [2.05, 4.69) is 5.18 Å². The summed E-state index contributed by atoms with van der Waals surface area (Å²) < 4.78 is 5.23. The first-order valence-corrected chi connectivity index (χ1v) is 3.94. The normalized spacial score (nSPS) is 13.6. The Morgan fingerprint density at radius 3 is 2.86 bits per heavy atom. The summed E-state index contributed by atoms with van der Waals surface area (Å²) in [7, 11) is 0. The van der Waals surface area contributed by atoms with Gasteiger partial charge in [-0.05, 0) is 23.4 Å². The van der Waals surface area contributed by atoms with Gasteiger partial charge in [0.1, 0.15) is 11.4 Å². The molecule has 0 fully saturated rings. The second-order valence-corrected chi connectivity index (χ2v) is 2.79. The number of ketones is 1. The lowest BCUT2D eigenvalue weighted by Crippen LogP contribution is -2.14. The smallest absolute Gasteiger partial charge is 0.170 e. The lowest BCUT2D eigenvalue weighted by atomic mass is 10.0. The monoisotopic (exact) mass is 195 g/mol. The molecule has 0 amide bonds. The highest BCUT2D eigenvalue weighted by molar-refractivity contribution is 6.00. The van der Waals surface area contributed by atoms with Gasteiger partial charge in [0.2, 0.25) is 0 Å². The van der Waals surface area contributed by atoms with Gasteiger partial charge in [-0.2, -0.15) is 0 Å². The minimum atomic E-state index is 0. The highest BCUT2D eigenvalue weighted by Crippen LogP contribution is 2.28. The molecular formula is C9H9NO4. The van der Waals surface area contributed by atoms with Crippen LogP contribution in [0, 0.1) is 4.91 Å². The Labute approximate surface area is 80.0 Å². The van der Waals surface area contributed by atoms with E-state index < -0.39 is 0 Å². The summed E-state index contributed by atoms with van der Waals surface area (Å²) in [5.41, 5.74) is 0.723. The SMILES string of the molecule is O.O=Nc1ccc2c(c1)C(=O)CCO2. The number of fused-ring (bicyclic) bond motifs is 1. The fraction of sp³-hybridized carbons (Fsp3) is 0.222. The van der Waals surface area contributed by atoms with Gasteiger partial charge in [-0.25, -0.2) is 0 Å². The van der Waals surface area contributed by atoms with Gasteiger partial charge in [0.25, 0.3) is 0 Å². The summed E-state index contributed by atoms with van der Waals surface area (Å²) in [6, 6.07) is 4.59. The number of carbonyl (C=O) groups is 1. The van der Waals surface area contributed by atoms with Crippen molar-refractivity contribution in [3.8, 4) is 5.75 Å². The molecule has 74 valence electrons. The zero-order chi connectivity index (χ0) is 9.26. The Balaban J connectivity index is 0.000000980. The highest BCUT2D eigenvalue weighted by atomic mass is 16.5.